The number of hydrogen-bond acceptors (Lipinski definition) is 5. The van der Waals surface area contributed by atoms with Crippen LogP contribution in [0.3, 0.4) is 0 Å². The fraction of sp³-hybridized carbons (Fsp3) is 0.478. The first kappa shape index (κ1) is 21.0. The number of aromatic hydroxyl groups is 1. The van der Waals surface area contributed by atoms with Crippen LogP contribution >= 0.6 is 0 Å². The number of carbonyl (C=O) groups excluding carboxylic acids is 1. The number of benzene rings is 1. The summed E-state index contributed by atoms with van der Waals surface area (Å²) in [6, 6.07) is 3.59. The van der Waals surface area contributed by atoms with Crippen molar-refractivity contribution in [3.8, 4) is 5.75 Å². The number of Topliss-reactive ketones (excluding diaryl/α,β-unsaturated/α-hetero) is 1. The maximum Gasteiger partial charge on any atom is 0.182 e. The van der Waals surface area contributed by atoms with E-state index < -0.39 is 0 Å². The predicted molar refractivity (Wildman–Crippen MR) is 114 cm³/mol. The second kappa shape index (κ2) is 6.94. The van der Waals surface area contributed by atoms with Crippen molar-refractivity contribution in [2.24, 2.45) is 0 Å². The molecular formula is C23H30N4O2. The van der Waals surface area contributed by atoms with Gasteiger partial charge in [0, 0.05) is 35.0 Å². The van der Waals surface area contributed by atoms with Crippen LogP contribution < -0.4 is 0 Å². The van der Waals surface area contributed by atoms with E-state index in [1.807, 2.05) is 41.5 Å². The van der Waals surface area contributed by atoms with Crippen molar-refractivity contribution in [2.45, 2.75) is 65.8 Å². The molecule has 6 nitrogen and oxygen atoms in total. The smallest absolute Gasteiger partial charge is 0.182 e. The highest BCUT2D eigenvalue weighted by Crippen LogP contribution is 2.40. The van der Waals surface area contributed by atoms with Crippen molar-refractivity contribution in [3.05, 3.63) is 52.1 Å². The number of phenolic OH excluding ortho intramolecular Hbond substituents is 1. The number of nitrogens with zero attached hydrogens (tertiary/aromatic N) is 3. The third-order valence-electron chi connectivity index (χ3n) is 5.27. The molecule has 0 saturated heterocycles. The van der Waals surface area contributed by atoms with Gasteiger partial charge in [0.05, 0.1) is 6.54 Å². The average Bonchev–Trinajstić information content (AvgIpc) is 2.88. The van der Waals surface area contributed by atoms with E-state index >= 15 is 0 Å². The number of aryl methyl sites for hydroxylation is 1. The van der Waals surface area contributed by atoms with Gasteiger partial charge in [0.25, 0.3) is 0 Å². The molecule has 1 aromatic carbocycles. The molecule has 154 valence electrons. The Morgan fingerprint density at radius 3 is 2.21 bits per heavy atom. The Morgan fingerprint density at radius 1 is 1.14 bits per heavy atom. The molecule has 1 aliphatic heterocycles. The maximum atomic E-state index is 13.2. The number of phenols is 1. The van der Waals surface area contributed by atoms with Crippen LogP contribution in [0, 0.1) is 12.3 Å². The summed E-state index contributed by atoms with van der Waals surface area (Å²) in [7, 11) is 0. The minimum atomic E-state index is -0.302. The number of amidine groups is 1. The Labute approximate surface area is 172 Å². The van der Waals surface area contributed by atoms with Crippen LogP contribution in [0.5, 0.6) is 5.75 Å². The molecule has 2 heterocycles. The van der Waals surface area contributed by atoms with Gasteiger partial charge in [0.2, 0.25) is 0 Å². The molecule has 6 heteroatoms. The number of nitrogens with one attached hydrogen (secondary N) is 1. The second-order valence-electron chi connectivity index (χ2n) is 9.84. The lowest BCUT2D eigenvalue weighted by Gasteiger charge is -2.28. The average molecular weight is 395 g/mol. The molecule has 0 spiro atoms. The van der Waals surface area contributed by atoms with Gasteiger partial charge in [-0.15, -0.1) is 0 Å². The quantitative estimate of drug-likeness (QED) is 0.765. The topological polar surface area (TPSA) is 90.2 Å². The van der Waals surface area contributed by atoms with Gasteiger partial charge in [-0.05, 0) is 29.9 Å². The van der Waals surface area contributed by atoms with Crippen molar-refractivity contribution >= 4 is 11.6 Å². The minimum Gasteiger partial charge on any atom is -0.507 e. The van der Waals surface area contributed by atoms with Crippen molar-refractivity contribution in [2.75, 3.05) is 6.54 Å². The molecule has 0 amide bonds. The van der Waals surface area contributed by atoms with Crippen molar-refractivity contribution in [1.82, 2.24) is 14.9 Å². The first-order chi connectivity index (χ1) is 13.3. The standard InChI is InChI=1S/C23H30N4O2/c1-13-25-10-15-11-27(21(24)19(15)26-13)12-18(28)14-8-16(22(2,3)4)20(29)17(9-14)23(5,6)7/h8-10,24,29H,11-12H2,1-7H3. The zero-order valence-electron chi connectivity index (χ0n) is 18.3. The van der Waals surface area contributed by atoms with Gasteiger partial charge in [-0.2, -0.15) is 0 Å². The summed E-state index contributed by atoms with van der Waals surface area (Å²) in [4.78, 5) is 23.4. The molecule has 0 radical (unpaired) electrons. The van der Waals surface area contributed by atoms with Gasteiger partial charge in [-0.3, -0.25) is 10.2 Å². The van der Waals surface area contributed by atoms with E-state index in [4.69, 9.17) is 5.41 Å². The fourth-order valence-electron chi connectivity index (χ4n) is 3.59. The Morgan fingerprint density at radius 2 is 1.69 bits per heavy atom. The van der Waals surface area contributed by atoms with Crippen molar-refractivity contribution < 1.29 is 9.90 Å². The number of ketones is 1. The Hall–Kier alpha value is -2.76. The largest absolute Gasteiger partial charge is 0.507 e. The van der Waals surface area contributed by atoms with Crippen LogP contribution in [0.15, 0.2) is 18.3 Å². The third-order valence-corrected chi connectivity index (χ3v) is 5.27. The monoisotopic (exact) mass is 394 g/mol. The van der Waals surface area contributed by atoms with Gasteiger partial charge in [0.1, 0.15) is 23.1 Å². The molecule has 2 aromatic rings. The van der Waals surface area contributed by atoms with Gasteiger partial charge < -0.3 is 10.0 Å². The number of hydrogen-bond donors (Lipinski definition) is 2. The van der Waals surface area contributed by atoms with Gasteiger partial charge in [-0.1, -0.05) is 41.5 Å². The summed E-state index contributed by atoms with van der Waals surface area (Å²) < 4.78 is 0. The van der Waals surface area contributed by atoms with Crippen LogP contribution in [0.25, 0.3) is 0 Å². The number of aromatic nitrogens is 2. The summed E-state index contributed by atoms with van der Waals surface area (Å²) in [5, 5.41) is 19.3. The van der Waals surface area contributed by atoms with Gasteiger partial charge >= 0.3 is 0 Å². The van der Waals surface area contributed by atoms with E-state index in [9.17, 15) is 9.90 Å². The predicted octanol–water partition coefficient (Wildman–Crippen LogP) is 4.11. The molecule has 0 atom stereocenters. The molecule has 3 rings (SSSR count). The molecule has 2 N–H and O–H groups in total. The lowest BCUT2D eigenvalue weighted by atomic mass is 9.78. The van der Waals surface area contributed by atoms with Crippen LogP contribution in [0.1, 0.15) is 80.1 Å². The number of fused-ring (bicyclic) bond motifs is 1. The van der Waals surface area contributed by atoms with Gasteiger partial charge in [-0.25, -0.2) is 9.97 Å². The molecular weight excluding hydrogens is 364 g/mol. The second-order valence-corrected chi connectivity index (χ2v) is 9.84. The summed E-state index contributed by atoms with van der Waals surface area (Å²) in [5.41, 5.74) is 2.94. The lowest BCUT2D eigenvalue weighted by molar-refractivity contribution is 0.0962. The SMILES string of the molecule is Cc1ncc2c(n1)C(=N)N(CC(=O)c1cc(C(C)(C)C)c(O)c(C(C)(C)C)c1)C2. The Balaban J connectivity index is 1.95. The van der Waals surface area contributed by atoms with E-state index in [0.29, 0.717) is 23.6 Å². The lowest BCUT2D eigenvalue weighted by Crippen LogP contribution is -2.31. The molecule has 0 bridgehead atoms. The third kappa shape index (κ3) is 4.02. The van der Waals surface area contributed by atoms with Crippen LogP contribution in [-0.2, 0) is 17.4 Å². The maximum absolute atomic E-state index is 13.2. The molecule has 0 aliphatic carbocycles. The molecule has 0 saturated carbocycles. The summed E-state index contributed by atoms with van der Waals surface area (Å²) in [6.07, 6.45) is 1.73. The normalized spacial score (nSPS) is 14.3. The Kier molecular flexibility index (Phi) is 5.01. The van der Waals surface area contributed by atoms with Crippen LogP contribution in [0.2, 0.25) is 0 Å². The van der Waals surface area contributed by atoms with Gasteiger partial charge in [0.15, 0.2) is 5.78 Å². The number of rotatable bonds is 3. The summed E-state index contributed by atoms with van der Waals surface area (Å²) >= 11 is 0. The van der Waals surface area contributed by atoms with E-state index in [-0.39, 0.29) is 34.7 Å². The van der Waals surface area contributed by atoms with Crippen molar-refractivity contribution in [1.29, 1.82) is 5.41 Å². The Bertz CT molecular complexity index is 962. The zero-order chi connectivity index (χ0) is 21.7. The van der Waals surface area contributed by atoms with Crippen molar-refractivity contribution in [3.63, 3.8) is 0 Å². The highest BCUT2D eigenvalue weighted by molar-refractivity contribution is 6.04. The first-order valence-electron chi connectivity index (χ1n) is 9.86. The fourth-order valence-corrected chi connectivity index (χ4v) is 3.59. The molecule has 0 fully saturated rings. The molecule has 1 aromatic heterocycles. The van der Waals surface area contributed by atoms with E-state index in [1.165, 1.54) is 0 Å². The van der Waals surface area contributed by atoms with E-state index in [2.05, 4.69) is 9.97 Å². The molecule has 1 aliphatic rings. The van der Waals surface area contributed by atoms with E-state index in [1.54, 1.807) is 30.2 Å². The molecule has 29 heavy (non-hydrogen) atoms. The zero-order valence-corrected chi connectivity index (χ0v) is 18.3. The highest BCUT2D eigenvalue weighted by Gasteiger charge is 2.31. The van der Waals surface area contributed by atoms with Crippen LogP contribution in [-0.4, -0.2) is 38.1 Å². The summed E-state index contributed by atoms with van der Waals surface area (Å²) in [6.45, 7) is 14.5. The highest BCUT2D eigenvalue weighted by atomic mass is 16.3. The number of carbonyl (C=O) groups is 1. The van der Waals surface area contributed by atoms with E-state index in [0.717, 1.165) is 16.7 Å². The first-order valence-corrected chi connectivity index (χ1v) is 9.86. The summed E-state index contributed by atoms with van der Waals surface area (Å²) in [5.74, 6) is 1.05. The van der Waals surface area contributed by atoms with Crippen LogP contribution in [0.4, 0.5) is 0 Å². The molecule has 0 unspecified atom stereocenters. The minimum absolute atomic E-state index is 0.0803.